The monoisotopic (exact) mass is 369 g/mol. The maximum absolute atomic E-state index is 13.4. The molecule has 6 heteroatoms. The zero-order chi connectivity index (χ0) is 19.4. The van der Waals surface area contributed by atoms with Crippen molar-refractivity contribution in [1.82, 2.24) is 14.8 Å². The first-order valence-corrected chi connectivity index (χ1v) is 9.11. The Kier molecular flexibility index (Phi) is 5.84. The first-order chi connectivity index (χ1) is 12.9. The van der Waals surface area contributed by atoms with Gasteiger partial charge in [-0.25, -0.2) is 4.39 Å². The van der Waals surface area contributed by atoms with Crippen LogP contribution in [-0.2, 0) is 22.7 Å². The molecule has 0 radical (unpaired) electrons. The van der Waals surface area contributed by atoms with Crippen molar-refractivity contribution in [3.8, 4) is 0 Å². The first-order valence-electron chi connectivity index (χ1n) is 9.11. The van der Waals surface area contributed by atoms with Gasteiger partial charge in [0, 0.05) is 32.8 Å². The summed E-state index contributed by atoms with van der Waals surface area (Å²) in [6.07, 6.45) is 2.60. The number of amides is 2. The number of aromatic nitrogens is 1. The van der Waals surface area contributed by atoms with E-state index in [2.05, 4.69) is 4.98 Å². The smallest absolute Gasteiger partial charge is 0.227 e. The molecule has 1 aromatic heterocycles. The lowest BCUT2D eigenvalue weighted by Gasteiger charge is -2.34. The predicted molar refractivity (Wildman–Crippen MR) is 100.0 cm³/mol. The van der Waals surface area contributed by atoms with Crippen LogP contribution in [0.15, 0.2) is 42.6 Å². The average molecular weight is 369 g/mol. The third kappa shape index (κ3) is 4.70. The Hall–Kier alpha value is -2.76. The van der Waals surface area contributed by atoms with E-state index in [1.165, 1.54) is 12.1 Å². The number of nitrogens with zero attached hydrogens (tertiary/aromatic N) is 3. The Morgan fingerprint density at radius 3 is 2.89 bits per heavy atom. The summed E-state index contributed by atoms with van der Waals surface area (Å²) >= 11 is 0. The highest BCUT2D eigenvalue weighted by Crippen LogP contribution is 2.22. The number of hydrogen-bond acceptors (Lipinski definition) is 3. The zero-order valence-corrected chi connectivity index (χ0v) is 15.7. The summed E-state index contributed by atoms with van der Waals surface area (Å²) in [4.78, 5) is 32.8. The van der Waals surface area contributed by atoms with E-state index < -0.39 is 0 Å². The molecule has 0 spiro atoms. The van der Waals surface area contributed by atoms with Crippen molar-refractivity contribution in [2.24, 2.45) is 5.92 Å². The van der Waals surface area contributed by atoms with Crippen LogP contribution in [0, 0.1) is 18.7 Å². The Balaban J connectivity index is 1.64. The lowest BCUT2D eigenvalue weighted by molar-refractivity contribution is -0.143. The molecule has 1 atom stereocenters. The van der Waals surface area contributed by atoms with E-state index in [4.69, 9.17) is 0 Å². The van der Waals surface area contributed by atoms with E-state index in [1.54, 1.807) is 35.2 Å². The molecule has 3 rings (SSSR count). The number of benzene rings is 1. The van der Waals surface area contributed by atoms with Crippen LogP contribution in [0.25, 0.3) is 0 Å². The molecule has 27 heavy (non-hydrogen) atoms. The molecule has 1 aromatic carbocycles. The molecule has 0 N–H and O–H groups in total. The van der Waals surface area contributed by atoms with E-state index in [1.807, 2.05) is 19.1 Å². The number of rotatable bonds is 5. The average Bonchev–Trinajstić information content (AvgIpc) is 2.65. The number of carbonyl (C=O) groups is 2. The van der Waals surface area contributed by atoms with Gasteiger partial charge in [0.2, 0.25) is 11.8 Å². The van der Waals surface area contributed by atoms with Gasteiger partial charge in [-0.05, 0) is 42.7 Å². The highest BCUT2D eigenvalue weighted by Gasteiger charge is 2.32. The van der Waals surface area contributed by atoms with E-state index in [0.29, 0.717) is 32.5 Å². The molecule has 5 nitrogen and oxygen atoms in total. The van der Waals surface area contributed by atoms with Crippen LogP contribution in [0.2, 0.25) is 0 Å². The predicted octanol–water partition coefficient (Wildman–Crippen LogP) is 2.93. The van der Waals surface area contributed by atoms with Gasteiger partial charge < -0.3 is 9.80 Å². The van der Waals surface area contributed by atoms with Gasteiger partial charge in [-0.15, -0.1) is 0 Å². The first kappa shape index (κ1) is 19.0. The van der Waals surface area contributed by atoms with E-state index in [-0.39, 0.29) is 23.5 Å². The SMILES string of the molecule is Cc1cccnc1CN(C)C(=O)C1CCC(=O)N(Cc2cccc(F)c2)C1. The Labute approximate surface area is 158 Å². The van der Waals surface area contributed by atoms with E-state index in [0.717, 1.165) is 16.8 Å². The van der Waals surface area contributed by atoms with Crippen LogP contribution in [-0.4, -0.2) is 40.2 Å². The van der Waals surface area contributed by atoms with Gasteiger partial charge in [-0.2, -0.15) is 0 Å². The van der Waals surface area contributed by atoms with Crippen LogP contribution in [0.4, 0.5) is 4.39 Å². The quantitative estimate of drug-likeness (QED) is 0.814. The maximum Gasteiger partial charge on any atom is 0.227 e. The van der Waals surface area contributed by atoms with Gasteiger partial charge in [0.25, 0.3) is 0 Å². The van der Waals surface area contributed by atoms with Crippen LogP contribution < -0.4 is 0 Å². The van der Waals surface area contributed by atoms with Gasteiger partial charge in [-0.3, -0.25) is 14.6 Å². The summed E-state index contributed by atoms with van der Waals surface area (Å²) in [5.74, 6) is -0.552. The molecular weight excluding hydrogens is 345 g/mol. The van der Waals surface area contributed by atoms with Crippen LogP contribution in [0.5, 0.6) is 0 Å². The minimum absolute atomic E-state index is 0.00605. The summed E-state index contributed by atoms with van der Waals surface area (Å²) in [6, 6.07) is 10.1. The van der Waals surface area contributed by atoms with Crippen molar-refractivity contribution in [3.63, 3.8) is 0 Å². The Morgan fingerprint density at radius 1 is 1.33 bits per heavy atom. The fourth-order valence-corrected chi connectivity index (χ4v) is 3.42. The van der Waals surface area contributed by atoms with E-state index in [9.17, 15) is 14.0 Å². The largest absolute Gasteiger partial charge is 0.340 e. The molecule has 1 saturated heterocycles. The summed E-state index contributed by atoms with van der Waals surface area (Å²) < 4.78 is 13.4. The molecule has 2 amide bonds. The molecule has 1 unspecified atom stereocenters. The van der Waals surface area contributed by atoms with Crippen molar-refractivity contribution in [3.05, 3.63) is 65.2 Å². The normalized spacial score (nSPS) is 17.1. The highest BCUT2D eigenvalue weighted by atomic mass is 19.1. The molecule has 2 heterocycles. The summed E-state index contributed by atoms with van der Waals surface area (Å²) in [7, 11) is 1.77. The van der Waals surface area contributed by atoms with Crippen LogP contribution in [0.1, 0.15) is 29.7 Å². The van der Waals surface area contributed by atoms with Crippen molar-refractivity contribution >= 4 is 11.8 Å². The number of likely N-dealkylation sites (tertiary alicyclic amines) is 1. The molecule has 1 aliphatic rings. The summed E-state index contributed by atoms with van der Waals surface area (Å²) in [5.41, 5.74) is 2.65. The number of piperidine rings is 1. The lowest BCUT2D eigenvalue weighted by Crippen LogP contribution is -2.45. The van der Waals surface area contributed by atoms with Crippen molar-refractivity contribution in [2.75, 3.05) is 13.6 Å². The van der Waals surface area contributed by atoms with Gasteiger partial charge in [0.05, 0.1) is 18.2 Å². The highest BCUT2D eigenvalue weighted by molar-refractivity contribution is 5.83. The molecule has 1 fully saturated rings. The van der Waals surface area contributed by atoms with E-state index >= 15 is 0 Å². The second-order valence-electron chi connectivity index (χ2n) is 7.10. The second-order valence-corrected chi connectivity index (χ2v) is 7.10. The third-order valence-corrected chi connectivity index (χ3v) is 4.99. The van der Waals surface area contributed by atoms with Crippen molar-refractivity contribution < 1.29 is 14.0 Å². The number of halogens is 1. The number of aryl methyl sites for hydroxylation is 1. The topological polar surface area (TPSA) is 53.5 Å². The van der Waals surface area contributed by atoms with Crippen LogP contribution in [0.3, 0.4) is 0 Å². The number of carbonyl (C=O) groups excluding carboxylic acids is 2. The molecule has 142 valence electrons. The van der Waals surface area contributed by atoms with Gasteiger partial charge >= 0.3 is 0 Å². The Morgan fingerprint density at radius 2 is 2.15 bits per heavy atom. The zero-order valence-electron chi connectivity index (χ0n) is 15.7. The minimum Gasteiger partial charge on any atom is -0.340 e. The molecule has 0 aliphatic carbocycles. The maximum atomic E-state index is 13.4. The lowest BCUT2D eigenvalue weighted by atomic mass is 9.95. The minimum atomic E-state index is -0.324. The van der Waals surface area contributed by atoms with Gasteiger partial charge in [0.15, 0.2) is 0 Å². The fourth-order valence-electron chi connectivity index (χ4n) is 3.42. The molecule has 0 saturated carbocycles. The molecule has 1 aliphatic heterocycles. The Bertz CT molecular complexity index is 840. The fraction of sp³-hybridized carbons (Fsp3) is 0.381. The molecule has 2 aromatic rings. The number of pyridine rings is 1. The van der Waals surface area contributed by atoms with Gasteiger partial charge in [-0.1, -0.05) is 18.2 Å². The van der Waals surface area contributed by atoms with Crippen LogP contribution >= 0.6 is 0 Å². The number of hydrogen-bond donors (Lipinski definition) is 0. The summed E-state index contributed by atoms with van der Waals surface area (Å²) in [5, 5.41) is 0. The molecule has 0 bridgehead atoms. The van der Waals surface area contributed by atoms with Crippen molar-refractivity contribution in [2.45, 2.75) is 32.9 Å². The second kappa shape index (κ2) is 8.29. The third-order valence-electron chi connectivity index (χ3n) is 4.99. The summed E-state index contributed by atoms with van der Waals surface area (Å²) in [6.45, 7) is 3.10. The standard InChI is InChI=1S/C21H24FN3O2/c1-15-5-4-10-23-19(15)14-24(2)21(27)17-8-9-20(26)25(13-17)12-16-6-3-7-18(22)11-16/h3-7,10-11,17H,8-9,12-14H2,1-2H3. The van der Waals surface area contributed by atoms with Gasteiger partial charge in [0.1, 0.15) is 5.82 Å². The van der Waals surface area contributed by atoms with Crippen molar-refractivity contribution in [1.29, 1.82) is 0 Å². The molecular formula is C21H24FN3O2.